The highest BCUT2D eigenvalue weighted by atomic mass is 32.1. The summed E-state index contributed by atoms with van der Waals surface area (Å²) in [5.41, 5.74) is 2.58. The van der Waals surface area contributed by atoms with Crippen molar-refractivity contribution >= 4 is 29.2 Å². The van der Waals surface area contributed by atoms with Crippen molar-refractivity contribution in [1.29, 1.82) is 0 Å². The van der Waals surface area contributed by atoms with Crippen LogP contribution >= 0.6 is 12.2 Å². The fourth-order valence-electron chi connectivity index (χ4n) is 2.81. The van der Waals surface area contributed by atoms with E-state index in [0.29, 0.717) is 37.0 Å². The van der Waals surface area contributed by atoms with Crippen LogP contribution in [0, 0.1) is 0 Å². The lowest BCUT2D eigenvalue weighted by Gasteiger charge is -2.30. The monoisotopic (exact) mass is 387 g/mol. The molecule has 1 aromatic heterocycles. The van der Waals surface area contributed by atoms with Crippen molar-refractivity contribution < 1.29 is 9.53 Å². The Morgan fingerprint density at radius 2 is 2.07 bits per heavy atom. The Labute approximate surface area is 164 Å². The van der Waals surface area contributed by atoms with Gasteiger partial charge in [-0.2, -0.15) is 5.10 Å². The summed E-state index contributed by atoms with van der Waals surface area (Å²) >= 11 is 5.38. The lowest BCUT2D eigenvalue weighted by atomic mass is 10.1. The van der Waals surface area contributed by atoms with Crippen molar-refractivity contribution in [1.82, 2.24) is 20.4 Å². The highest BCUT2D eigenvalue weighted by Crippen LogP contribution is 2.25. The summed E-state index contributed by atoms with van der Waals surface area (Å²) in [4.78, 5) is 14.0. The molecule has 0 radical (unpaired) electrons. The van der Waals surface area contributed by atoms with Crippen molar-refractivity contribution in [2.75, 3.05) is 11.9 Å². The molecule has 27 heavy (non-hydrogen) atoms. The zero-order valence-electron chi connectivity index (χ0n) is 15.8. The molecule has 2 aromatic rings. The number of hydrogen-bond donors (Lipinski definition) is 3. The summed E-state index contributed by atoms with van der Waals surface area (Å²) in [5.74, 6) is 0.642. The highest BCUT2D eigenvalue weighted by Gasteiger charge is 2.28. The fourth-order valence-corrected chi connectivity index (χ4v) is 2.98. The molecule has 0 unspecified atom stereocenters. The molecule has 0 bridgehead atoms. The average Bonchev–Trinajstić information content (AvgIpc) is 3.01. The second-order valence-corrected chi connectivity index (χ2v) is 7.88. The van der Waals surface area contributed by atoms with Gasteiger partial charge in [-0.25, -0.2) is 4.79 Å². The number of carbonyl (C=O) groups is 1. The number of benzene rings is 1. The Balaban J connectivity index is 1.60. The van der Waals surface area contributed by atoms with Gasteiger partial charge >= 0.3 is 6.09 Å². The van der Waals surface area contributed by atoms with Gasteiger partial charge in [0.1, 0.15) is 5.60 Å². The van der Waals surface area contributed by atoms with E-state index in [1.54, 1.807) is 4.90 Å². The van der Waals surface area contributed by atoms with Gasteiger partial charge < -0.3 is 20.3 Å². The minimum atomic E-state index is -0.516. The van der Waals surface area contributed by atoms with Crippen molar-refractivity contribution in [2.45, 2.75) is 45.9 Å². The molecule has 1 aromatic carbocycles. The number of anilines is 1. The Hall–Kier alpha value is -2.61. The van der Waals surface area contributed by atoms with Gasteiger partial charge in [-0.15, -0.1) is 0 Å². The van der Waals surface area contributed by atoms with Crippen LogP contribution in [0.15, 0.2) is 30.3 Å². The summed E-state index contributed by atoms with van der Waals surface area (Å²) in [5, 5.41) is 14.1. The van der Waals surface area contributed by atoms with Gasteiger partial charge in [0.15, 0.2) is 10.9 Å². The van der Waals surface area contributed by atoms with Crippen molar-refractivity contribution in [3.8, 4) is 0 Å². The van der Waals surface area contributed by atoms with Crippen LogP contribution in [0.2, 0.25) is 0 Å². The number of nitrogens with one attached hydrogen (secondary N) is 3. The number of aromatic amines is 1. The zero-order chi connectivity index (χ0) is 19.4. The van der Waals surface area contributed by atoms with Crippen molar-refractivity contribution in [2.24, 2.45) is 0 Å². The largest absolute Gasteiger partial charge is 0.444 e. The molecule has 0 fully saturated rings. The maximum absolute atomic E-state index is 12.4. The van der Waals surface area contributed by atoms with E-state index < -0.39 is 5.60 Å². The predicted octanol–water partition coefficient (Wildman–Crippen LogP) is 3.19. The van der Waals surface area contributed by atoms with Gasteiger partial charge in [0, 0.05) is 30.8 Å². The summed E-state index contributed by atoms with van der Waals surface area (Å²) in [6.07, 6.45) is 0.387. The quantitative estimate of drug-likeness (QED) is 0.702. The Morgan fingerprint density at radius 3 is 2.78 bits per heavy atom. The van der Waals surface area contributed by atoms with Gasteiger partial charge in [0.2, 0.25) is 0 Å². The van der Waals surface area contributed by atoms with Gasteiger partial charge in [-0.3, -0.25) is 5.10 Å². The lowest BCUT2D eigenvalue weighted by Crippen LogP contribution is -2.40. The maximum Gasteiger partial charge on any atom is 0.410 e. The molecule has 1 aliphatic heterocycles. The molecule has 7 nitrogen and oxygen atoms in total. The summed E-state index contributed by atoms with van der Waals surface area (Å²) in [6.45, 7) is 7.25. The van der Waals surface area contributed by atoms with E-state index in [9.17, 15) is 4.79 Å². The number of aromatic nitrogens is 2. The Kier molecular flexibility index (Phi) is 5.65. The number of rotatable bonds is 3. The fraction of sp³-hybridized carbons (Fsp3) is 0.421. The van der Waals surface area contributed by atoms with Crippen LogP contribution in [-0.2, 0) is 24.2 Å². The van der Waals surface area contributed by atoms with Gasteiger partial charge in [-0.1, -0.05) is 30.3 Å². The van der Waals surface area contributed by atoms with Crippen LogP contribution in [0.5, 0.6) is 0 Å². The molecule has 3 rings (SSSR count). The molecule has 0 spiro atoms. The molecule has 0 aliphatic carbocycles. The molecule has 0 atom stereocenters. The first kappa shape index (κ1) is 19.2. The maximum atomic E-state index is 12.4. The number of ether oxygens (including phenoxy) is 1. The number of nitrogens with zero attached hydrogens (tertiary/aromatic N) is 2. The molecular weight excluding hydrogens is 362 g/mol. The summed E-state index contributed by atoms with van der Waals surface area (Å²) in [6, 6.07) is 10.0. The highest BCUT2D eigenvalue weighted by molar-refractivity contribution is 7.80. The number of thiocarbonyl (C=S) groups is 1. The Morgan fingerprint density at radius 1 is 1.33 bits per heavy atom. The van der Waals surface area contributed by atoms with E-state index >= 15 is 0 Å². The SMILES string of the molecule is CC(C)(C)OC(=O)N1CCc2[nH]nc(NC(=S)NCc3ccccc3)c2C1. The first-order chi connectivity index (χ1) is 12.8. The Bertz CT molecular complexity index is 813. The minimum absolute atomic E-state index is 0.315. The van der Waals surface area contributed by atoms with Crippen molar-refractivity contribution in [3.63, 3.8) is 0 Å². The standard InChI is InChI=1S/C19H25N5O2S/c1-19(2,3)26-18(25)24-10-9-15-14(12-24)16(23-22-15)21-17(27)20-11-13-7-5-4-6-8-13/h4-8H,9-12H2,1-3H3,(H3,20,21,22,23,27). The normalized spacial score (nSPS) is 13.7. The number of H-pyrrole nitrogens is 1. The molecule has 0 saturated heterocycles. The van der Waals surface area contributed by atoms with Crippen LogP contribution in [0.3, 0.4) is 0 Å². The molecule has 3 N–H and O–H groups in total. The second kappa shape index (κ2) is 7.96. The van der Waals surface area contributed by atoms with Gasteiger partial charge in [-0.05, 0) is 38.6 Å². The first-order valence-electron chi connectivity index (χ1n) is 8.94. The third kappa shape index (κ3) is 5.19. The topological polar surface area (TPSA) is 82.3 Å². The number of carbonyl (C=O) groups excluding carboxylic acids is 1. The van der Waals surface area contributed by atoms with Crippen molar-refractivity contribution in [3.05, 3.63) is 47.2 Å². The predicted molar refractivity (Wildman–Crippen MR) is 108 cm³/mol. The summed E-state index contributed by atoms with van der Waals surface area (Å²) < 4.78 is 5.48. The van der Waals surface area contributed by atoms with Crippen LogP contribution < -0.4 is 10.6 Å². The minimum Gasteiger partial charge on any atom is -0.444 e. The second-order valence-electron chi connectivity index (χ2n) is 7.47. The van der Waals surface area contributed by atoms with E-state index in [1.807, 2.05) is 51.1 Å². The molecule has 2 heterocycles. The van der Waals surface area contributed by atoms with Gasteiger partial charge in [0.25, 0.3) is 0 Å². The third-order valence-corrected chi connectivity index (χ3v) is 4.36. The molecule has 0 saturated carbocycles. The molecule has 1 aliphatic rings. The lowest BCUT2D eigenvalue weighted by molar-refractivity contribution is 0.0224. The number of fused-ring (bicyclic) bond motifs is 1. The number of amides is 1. The van der Waals surface area contributed by atoms with E-state index in [4.69, 9.17) is 17.0 Å². The van der Waals surface area contributed by atoms with Crippen LogP contribution in [0.1, 0.15) is 37.6 Å². The smallest absolute Gasteiger partial charge is 0.410 e. The third-order valence-electron chi connectivity index (χ3n) is 4.11. The van der Waals surface area contributed by atoms with E-state index in [0.717, 1.165) is 16.8 Å². The zero-order valence-corrected chi connectivity index (χ0v) is 16.7. The first-order valence-corrected chi connectivity index (χ1v) is 9.35. The van der Waals surface area contributed by atoms with E-state index in [-0.39, 0.29) is 6.09 Å². The van der Waals surface area contributed by atoms with Crippen LogP contribution in [0.25, 0.3) is 0 Å². The molecule has 8 heteroatoms. The van der Waals surface area contributed by atoms with Crippen LogP contribution in [0.4, 0.5) is 10.6 Å². The van der Waals surface area contributed by atoms with E-state index in [2.05, 4.69) is 20.8 Å². The van der Waals surface area contributed by atoms with E-state index in [1.165, 1.54) is 0 Å². The summed E-state index contributed by atoms with van der Waals surface area (Å²) in [7, 11) is 0. The average molecular weight is 388 g/mol. The molecule has 144 valence electrons. The molecular formula is C19H25N5O2S. The van der Waals surface area contributed by atoms with Gasteiger partial charge in [0.05, 0.1) is 6.54 Å². The number of hydrogen-bond acceptors (Lipinski definition) is 4. The molecule has 1 amide bonds. The van der Waals surface area contributed by atoms with Crippen LogP contribution in [-0.4, -0.2) is 38.4 Å².